The van der Waals surface area contributed by atoms with Gasteiger partial charge in [0.1, 0.15) is 11.5 Å². The molecule has 0 amide bonds. The lowest BCUT2D eigenvalue weighted by atomic mass is 10.1. The lowest BCUT2D eigenvalue weighted by Crippen LogP contribution is -1.99. The minimum absolute atomic E-state index is 0.787. The Morgan fingerprint density at radius 3 is 1.52 bits per heavy atom. The van der Waals surface area contributed by atoms with E-state index >= 15 is 0 Å². The van der Waals surface area contributed by atoms with Crippen LogP contribution in [0.3, 0.4) is 0 Å². The topological polar surface area (TPSA) is 27.7 Å². The van der Waals surface area contributed by atoms with E-state index in [1.54, 1.807) is 0 Å². The lowest BCUT2D eigenvalue weighted by Gasteiger charge is -2.08. The van der Waals surface area contributed by atoms with Crippen molar-refractivity contribution < 1.29 is 14.2 Å². The highest BCUT2D eigenvalue weighted by atomic mass is 16.5. The normalized spacial score (nSPS) is 10.8. The summed E-state index contributed by atoms with van der Waals surface area (Å²) in [6, 6.07) is 16.9. The van der Waals surface area contributed by atoms with Gasteiger partial charge in [-0.15, -0.1) is 0 Å². The number of unbranched alkanes of at least 4 members (excludes halogenated alkanes) is 2. The molecule has 0 saturated heterocycles. The van der Waals surface area contributed by atoms with Crippen LogP contribution in [0.15, 0.2) is 48.5 Å². The van der Waals surface area contributed by atoms with E-state index in [4.69, 9.17) is 14.2 Å². The number of hydrogen-bond donors (Lipinski definition) is 0. The molecule has 2 aromatic rings. The van der Waals surface area contributed by atoms with Crippen LogP contribution in [0.25, 0.3) is 0 Å². The smallest absolute Gasteiger partial charge is 0.119 e. The van der Waals surface area contributed by atoms with E-state index in [-0.39, 0.29) is 0 Å². The molecule has 0 aliphatic carbocycles. The van der Waals surface area contributed by atoms with Crippen LogP contribution in [0.5, 0.6) is 11.5 Å². The van der Waals surface area contributed by atoms with E-state index in [0.29, 0.717) is 0 Å². The van der Waals surface area contributed by atoms with Gasteiger partial charge in [0.25, 0.3) is 0 Å². The summed E-state index contributed by atoms with van der Waals surface area (Å²) in [5.74, 6) is 1.98. The summed E-state index contributed by atoms with van der Waals surface area (Å²) in [7, 11) is 0. The fourth-order valence-electron chi connectivity index (χ4n) is 3.19. The van der Waals surface area contributed by atoms with Crippen LogP contribution >= 0.6 is 0 Å². The zero-order valence-corrected chi connectivity index (χ0v) is 18.3. The van der Waals surface area contributed by atoms with E-state index in [9.17, 15) is 0 Å². The van der Waals surface area contributed by atoms with Gasteiger partial charge in [0.05, 0.1) is 13.2 Å². The van der Waals surface area contributed by atoms with Gasteiger partial charge in [-0.2, -0.15) is 0 Å². The van der Waals surface area contributed by atoms with Gasteiger partial charge in [-0.3, -0.25) is 0 Å². The zero-order chi connectivity index (χ0) is 20.6. The average molecular weight is 399 g/mol. The third-order valence-electron chi connectivity index (χ3n) is 4.75. The first kappa shape index (κ1) is 23.3. The fraction of sp³-hybridized carbons (Fsp3) is 0.538. The van der Waals surface area contributed by atoms with Gasteiger partial charge in [0.15, 0.2) is 0 Å². The maximum Gasteiger partial charge on any atom is 0.119 e. The average Bonchev–Trinajstić information content (AvgIpc) is 2.75. The van der Waals surface area contributed by atoms with Crippen LogP contribution in [-0.4, -0.2) is 26.4 Å². The molecule has 0 aliphatic rings. The summed E-state index contributed by atoms with van der Waals surface area (Å²) >= 11 is 0. The molecule has 3 heteroatoms. The van der Waals surface area contributed by atoms with Crippen LogP contribution in [-0.2, 0) is 17.6 Å². The zero-order valence-electron chi connectivity index (χ0n) is 18.3. The Hall–Kier alpha value is -2.00. The molecular weight excluding hydrogens is 360 g/mol. The Kier molecular flexibility index (Phi) is 12.0. The molecule has 160 valence electrons. The molecule has 3 nitrogen and oxygen atoms in total. The quantitative estimate of drug-likeness (QED) is 0.297. The predicted molar refractivity (Wildman–Crippen MR) is 121 cm³/mol. The van der Waals surface area contributed by atoms with E-state index in [2.05, 4.69) is 50.2 Å². The second-order valence-corrected chi connectivity index (χ2v) is 7.52. The molecular formula is C26H38O3. The first-order valence-corrected chi connectivity index (χ1v) is 11.3. The lowest BCUT2D eigenvalue weighted by molar-refractivity contribution is 0.127. The Morgan fingerprint density at radius 2 is 1.07 bits per heavy atom. The molecule has 0 unspecified atom stereocenters. The second-order valence-electron chi connectivity index (χ2n) is 7.52. The molecule has 0 spiro atoms. The number of benzene rings is 2. The summed E-state index contributed by atoms with van der Waals surface area (Å²) in [5, 5.41) is 0. The summed E-state index contributed by atoms with van der Waals surface area (Å²) in [6.07, 6.45) is 8.78. The number of aryl methyl sites for hydroxylation is 2. The number of ether oxygens (including phenoxy) is 3. The molecule has 2 aromatic carbocycles. The van der Waals surface area contributed by atoms with E-state index in [0.717, 1.165) is 89.3 Å². The van der Waals surface area contributed by atoms with Gasteiger partial charge in [0.2, 0.25) is 0 Å². The molecule has 0 bridgehead atoms. The van der Waals surface area contributed by atoms with Gasteiger partial charge in [-0.25, -0.2) is 0 Å². The van der Waals surface area contributed by atoms with Crippen molar-refractivity contribution in [3.63, 3.8) is 0 Å². The summed E-state index contributed by atoms with van der Waals surface area (Å²) < 4.78 is 17.2. The van der Waals surface area contributed by atoms with E-state index in [1.165, 1.54) is 11.1 Å². The van der Waals surface area contributed by atoms with Crippen molar-refractivity contribution in [2.75, 3.05) is 26.4 Å². The highest BCUT2D eigenvalue weighted by molar-refractivity contribution is 5.29. The minimum atomic E-state index is 0.787. The van der Waals surface area contributed by atoms with Crippen LogP contribution in [0.4, 0.5) is 0 Å². The Balaban J connectivity index is 1.49. The largest absolute Gasteiger partial charge is 0.494 e. The molecule has 29 heavy (non-hydrogen) atoms. The molecule has 0 aromatic heterocycles. The predicted octanol–water partition coefficient (Wildman–Crippen LogP) is 6.63. The summed E-state index contributed by atoms with van der Waals surface area (Å²) in [5.41, 5.74) is 2.70. The molecule has 0 fully saturated rings. The summed E-state index contributed by atoms with van der Waals surface area (Å²) in [4.78, 5) is 0. The van der Waals surface area contributed by atoms with Crippen LogP contribution in [0, 0.1) is 0 Å². The second kappa shape index (κ2) is 14.9. The molecule has 0 heterocycles. The van der Waals surface area contributed by atoms with Crippen molar-refractivity contribution in [3.8, 4) is 11.5 Å². The van der Waals surface area contributed by atoms with Gasteiger partial charge in [-0.1, -0.05) is 38.1 Å². The maximum atomic E-state index is 5.81. The van der Waals surface area contributed by atoms with Crippen molar-refractivity contribution in [3.05, 3.63) is 59.7 Å². The highest BCUT2D eigenvalue weighted by Crippen LogP contribution is 2.16. The van der Waals surface area contributed by atoms with Gasteiger partial charge >= 0.3 is 0 Å². The van der Waals surface area contributed by atoms with E-state index < -0.39 is 0 Å². The molecule has 0 saturated carbocycles. The van der Waals surface area contributed by atoms with Crippen molar-refractivity contribution in [2.45, 2.75) is 65.2 Å². The van der Waals surface area contributed by atoms with Crippen LogP contribution < -0.4 is 9.47 Å². The molecule has 0 N–H and O–H groups in total. The highest BCUT2D eigenvalue weighted by Gasteiger charge is 1.99. The first-order chi connectivity index (χ1) is 14.3. The SMILES string of the molecule is CCCOc1cccc(CCCCOCCCCc2cccc(OCCC)c2)c1. The maximum absolute atomic E-state index is 5.81. The summed E-state index contributed by atoms with van der Waals surface area (Å²) in [6.45, 7) is 7.54. The van der Waals surface area contributed by atoms with Crippen LogP contribution in [0.2, 0.25) is 0 Å². The van der Waals surface area contributed by atoms with Gasteiger partial charge in [0, 0.05) is 13.2 Å². The fourth-order valence-corrected chi connectivity index (χ4v) is 3.19. The number of rotatable bonds is 16. The molecule has 0 atom stereocenters. The standard InChI is InChI=1S/C26H38O3/c1-3-17-28-25-15-9-13-23(21-25)11-5-7-19-27-20-8-6-12-24-14-10-16-26(22-24)29-18-4-2/h9-10,13-16,21-22H,3-8,11-12,17-20H2,1-2H3. The van der Waals surface area contributed by atoms with Gasteiger partial charge < -0.3 is 14.2 Å². The van der Waals surface area contributed by atoms with Crippen molar-refractivity contribution in [1.82, 2.24) is 0 Å². The van der Waals surface area contributed by atoms with E-state index in [1.807, 2.05) is 12.1 Å². The minimum Gasteiger partial charge on any atom is -0.494 e. The third kappa shape index (κ3) is 10.4. The molecule has 2 rings (SSSR count). The van der Waals surface area contributed by atoms with Gasteiger partial charge in [-0.05, 0) is 86.8 Å². The van der Waals surface area contributed by atoms with Crippen molar-refractivity contribution in [1.29, 1.82) is 0 Å². The van der Waals surface area contributed by atoms with Crippen molar-refractivity contribution in [2.24, 2.45) is 0 Å². The van der Waals surface area contributed by atoms with Crippen LogP contribution in [0.1, 0.15) is 63.5 Å². The Bertz CT molecular complexity index is 611. The Labute approximate surface area is 177 Å². The third-order valence-corrected chi connectivity index (χ3v) is 4.75. The monoisotopic (exact) mass is 398 g/mol. The molecule has 0 aliphatic heterocycles. The molecule has 0 radical (unpaired) electrons. The van der Waals surface area contributed by atoms with Crippen molar-refractivity contribution >= 4 is 0 Å². The number of hydrogen-bond acceptors (Lipinski definition) is 3. The first-order valence-electron chi connectivity index (χ1n) is 11.3. The Morgan fingerprint density at radius 1 is 0.586 bits per heavy atom.